The van der Waals surface area contributed by atoms with Gasteiger partial charge in [-0.15, -0.1) is 0 Å². The molecule has 0 heterocycles. The Kier molecular flexibility index (Phi) is 8.99. The van der Waals surface area contributed by atoms with Crippen molar-refractivity contribution < 1.29 is 14.3 Å². The summed E-state index contributed by atoms with van der Waals surface area (Å²) in [6, 6.07) is 19.4. The highest BCUT2D eigenvalue weighted by Gasteiger charge is 2.47. The Balaban J connectivity index is 1.91. The molecule has 208 valence electrons. The maximum absolute atomic E-state index is 12.8. The average molecular weight is 535 g/mol. The van der Waals surface area contributed by atoms with Crippen molar-refractivity contribution in [3.63, 3.8) is 0 Å². The molecular weight excluding hydrogens is 492 g/mol. The van der Waals surface area contributed by atoms with Crippen LogP contribution in [-0.4, -0.2) is 18.9 Å². The second-order valence-electron chi connectivity index (χ2n) is 11.6. The topological polar surface area (TPSA) is 43.4 Å². The van der Waals surface area contributed by atoms with Gasteiger partial charge in [-0.1, -0.05) is 92.3 Å². The van der Waals surface area contributed by atoms with Crippen LogP contribution in [0.2, 0.25) is 0 Å². The minimum absolute atomic E-state index is 0.112. The Bertz CT molecular complexity index is 1330. The Hall–Kier alpha value is -3.64. The van der Waals surface area contributed by atoms with Gasteiger partial charge in [0.2, 0.25) is 0 Å². The Morgan fingerprint density at radius 1 is 1.02 bits per heavy atom. The average Bonchev–Trinajstić information content (AvgIpc) is 3.27. The minimum Gasteiger partial charge on any atom is -0.469 e. The van der Waals surface area contributed by atoms with Crippen LogP contribution in [0.15, 0.2) is 84.0 Å². The van der Waals surface area contributed by atoms with Crippen LogP contribution in [0.5, 0.6) is 0 Å². The van der Waals surface area contributed by atoms with Gasteiger partial charge in [0.1, 0.15) is 5.78 Å². The highest BCUT2D eigenvalue weighted by molar-refractivity contribution is 5.82. The number of fused-ring (bicyclic) bond motifs is 3. The van der Waals surface area contributed by atoms with Crippen molar-refractivity contribution in [1.29, 1.82) is 0 Å². The van der Waals surface area contributed by atoms with E-state index in [0.717, 1.165) is 24.8 Å². The first-order valence-electron chi connectivity index (χ1n) is 14.5. The van der Waals surface area contributed by atoms with Crippen molar-refractivity contribution in [3.05, 3.63) is 107 Å². The van der Waals surface area contributed by atoms with Crippen molar-refractivity contribution in [2.45, 2.75) is 72.1 Å². The van der Waals surface area contributed by atoms with Gasteiger partial charge in [0.15, 0.2) is 0 Å². The zero-order valence-corrected chi connectivity index (χ0v) is 24.8. The number of hydrogen-bond acceptors (Lipinski definition) is 3. The summed E-state index contributed by atoms with van der Waals surface area (Å²) in [6.07, 6.45) is 16.9. The minimum atomic E-state index is -0.395. The number of carbonyl (C=O) groups excluding carboxylic acids is 2. The fourth-order valence-electron chi connectivity index (χ4n) is 6.94. The van der Waals surface area contributed by atoms with Crippen LogP contribution in [0.3, 0.4) is 0 Å². The maximum atomic E-state index is 12.8. The van der Waals surface area contributed by atoms with E-state index in [1.807, 2.05) is 19.9 Å². The number of allylic oxidation sites excluding steroid dienone is 8. The van der Waals surface area contributed by atoms with Gasteiger partial charge < -0.3 is 4.74 Å². The number of ketones is 1. The number of benzene rings is 1. The third-order valence-electron chi connectivity index (χ3n) is 9.27. The van der Waals surface area contributed by atoms with Gasteiger partial charge in [-0.2, -0.15) is 0 Å². The van der Waals surface area contributed by atoms with Crippen LogP contribution in [0.25, 0.3) is 11.1 Å². The lowest BCUT2D eigenvalue weighted by molar-refractivity contribution is -0.145. The molecule has 0 saturated heterocycles. The number of Topliss-reactive ketones (excluding diaryl/α,β-unsaturated/α-hetero) is 1. The lowest BCUT2D eigenvalue weighted by atomic mass is 9.61. The van der Waals surface area contributed by atoms with Crippen LogP contribution in [-0.2, 0) is 19.7 Å². The molecule has 0 fully saturated rings. The number of carbonyl (C=O) groups is 2. The molecule has 0 spiro atoms. The lowest BCUT2D eigenvalue weighted by Crippen LogP contribution is -2.35. The zero-order chi connectivity index (χ0) is 28.9. The van der Waals surface area contributed by atoms with Crippen molar-refractivity contribution in [1.82, 2.24) is 0 Å². The highest BCUT2D eigenvalue weighted by Crippen LogP contribution is 2.57. The first-order chi connectivity index (χ1) is 19.2. The molecule has 4 atom stereocenters. The zero-order valence-electron chi connectivity index (χ0n) is 24.8. The molecule has 4 rings (SSSR count). The van der Waals surface area contributed by atoms with Crippen molar-refractivity contribution in [2.24, 2.45) is 17.3 Å². The molecule has 0 bridgehead atoms. The van der Waals surface area contributed by atoms with Gasteiger partial charge in [0.05, 0.1) is 13.0 Å². The molecule has 2 aromatic rings. The molecule has 3 nitrogen and oxygen atoms in total. The van der Waals surface area contributed by atoms with E-state index in [2.05, 4.69) is 92.8 Å². The second-order valence-corrected chi connectivity index (χ2v) is 11.6. The van der Waals surface area contributed by atoms with Crippen molar-refractivity contribution in [2.75, 3.05) is 7.11 Å². The summed E-state index contributed by atoms with van der Waals surface area (Å²) in [6.45, 7) is 9.99. The van der Waals surface area contributed by atoms with Gasteiger partial charge >= 0.3 is 5.97 Å². The molecule has 0 N–H and O–H groups in total. The van der Waals surface area contributed by atoms with E-state index in [-0.39, 0.29) is 23.6 Å². The quantitative estimate of drug-likeness (QED) is 0.303. The number of hydrogen-bond donors (Lipinski definition) is 0. The molecule has 40 heavy (non-hydrogen) atoms. The largest absolute Gasteiger partial charge is 0.469 e. The molecule has 0 aliphatic heterocycles. The summed E-state index contributed by atoms with van der Waals surface area (Å²) < 4.78 is 5.20. The fourth-order valence-corrected chi connectivity index (χ4v) is 6.94. The molecule has 0 radical (unpaired) electrons. The first kappa shape index (κ1) is 29.3. The molecule has 3 heteroatoms. The van der Waals surface area contributed by atoms with Gasteiger partial charge in [-0.3, -0.25) is 9.59 Å². The van der Waals surface area contributed by atoms with Gasteiger partial charge in [-0.05, 0) is 87.3 Å². The first-order valence-corrected chi connectivity index (χ1v) is 14.5. The van der Waals surface area contributed by atoms with Crippen LogP contribution < -0.4 is 0 Å². The van der Waals surface area contributed by atoms with E-state index in [4.69, 9.17) is 4.74 Å². The van der Waals surface area contributed by atoms with Crippen LogP contribution in [0, 0.1) is 29.4 Å². The Labute approximate surface area is 240 Å². The van der Waals surface area contributed by atoms with Crippen LogP contribution in [0.4, 0.5) is 0 Å². The third-order valence-corrected chi connectivity index (χ3v) is 9.27. The Morgan fingerprint density at radius 3 is 2.48 bits per heavy atom. The summed E-state index contributed by atoms with van der Waals surface area (Å²) in [5.74, 6) is -0.392. The molecule has 2 aromatic carbocycles. The highest BCUT2D eigenvalue weighted by atomic mass is 16.5. The summed E-state index contributed by atoms with van der Waals surface area (Å²) in [5, 5.41) is 0. The van der Waals surface area contributed by atoms with Crippen molar-refractivity contribution in [3.8, 4) is 11.1 Å². The lowest BCUT2D eigenvalue weighted by Gasteiger charge is -2.42. The van der Waals surface area contributed by atoms with Gasteiger partial charge in [0, 0.05) is 22.3 Å². The molecule has 2 aliphatic rings. The van der Waals surface area contributed by atoms with E-state index in [9.17, 15) is 9.59 Å². The monoisotopic (exact) mass is 534 g/mol. The summed E-state index contributed by atoms with van der Waals surface area (Å²) in [5.41, 5.74) is 6.43. The predicted octanol–water partition coefficient (Wildman–Crippen LogP) is 8.54. The Morgan fingerprint density at radius 2 is 1.75 bits per heavy atom. The molecule has 0 aromatic heterocycles. The van der Waals surface area contributed by atoms with E-state index in [1.54, 1.807) is 6.92 Å². The van der Waals surface area contributed by atoms with Crippen LogP contribution >= 0.6 is 0 Å². The van der Waals surface area contributed by atoms with E-state index >= 15 is 0 Å². The summed E-state index contributed by atoms with van der Waals surface area (Å²) in [7, 11) is 1.47. The van der Waals surface area contributed by atoms with Gasteiger partial charge in [0.25, 0.3) is 0 Å². The summed E-state index contributed by atoms with van der Waals surface area (Å²) in [4.78, 5) is 25.5. The molecule has 0 amide bonds. The second kappa shape index (κ2) is 12.3. The summed E-state index contributed by atoms with van der Waals surface area (Å²) >= 11 is 0. The number of esters is 1. The molecular formula is C37H42O3. The maximum Gasteiger partial charge on any atom is 0.308 e. The van der Waals surface area contributed by atoms with E-state index < -0.39 is 10.8 Å². The number of ether oxygens (including phenoxy) is 1. The smallest absolute Gasteiger partial charge is 0.308 e. The fraction of sp³-hybridized carbons (Fsp3) is 0.405. The molecule has 4 unspecified atom stereocenters. The van der Waals surface area contributed by atoms with Crippen molar-refractivity contribution >= 4 is 11.8 Å². The normalized spacial score (nSPS) is 23.8. The number of methoxy groups -OCH3 is 1. The predicted molar refractivity (Wildman–Crippen MR) is 163 cm³/mol. The van der Waals surface area contributed by atoms with Gasteiger partial charge in [-0.25, -0.2) is 0 Å². The van der Waals surface area contributed by atoms with E-state index in [1.165, 1.54) is 34.9 Å². The van der Waals surface area contributed by atoms with Crippen LogP contribution in [0.1, 0.15) is 77.8 Å². The molecule has 0 saturated carbocycles. The van der Waals surface area contributed by atoms with E-state index in [0.29, 0.717) is 12.8 Å². The third kappa shape index (κ3) is 5.37. The SMILES string of the molecule is C/C=C1\C=C/CC=C/C=C(\C)C1(CCC1(CC(C)C(C)=O)c2c#cccc2-c2ccccc21)CC(C)C(=O)OC. The molecule has 2 aliphatic carbocycles. The number of rotatable bonds is 9. The standard InChI is InChI=1S/C37H42O3/c1-7-30-17-11-9-8-10-16-28(4)36(30,25-27(3)35(39)40-6)22-23-37(24-26(2)29(5)38)33-20-14-12-18-31(33)32-19-13-15-21-34(32)37/h7-8,10-14,16-20,26-27H,9,22-25H2,1-6H3/b10-8?,17-11-,28-16+,30-7+.